The van der Waals surface area contributed by atoms with Crippen LogP contribution >= 0.6 is 12.4 Å². The number of nitrogens with two attached hydrogens (primary N) is 1. The lowest BCUT2D eigenvalue weighted by atomic mass is 10.1. The van der Waals surface area contributed by atoms with Gasteiger partial charge in [-0.3, -0.25) is 4.79 Å². The molecule has 0 bridgehead atoms. The highest BCUT2D eigenvalue weighted by atomic mass is 35.5. The fourth-order valence-corrected chi connectivity index (χ4v) is 3.37. The molecule has 0 aliphatic carbocycles. The molecule has 166 valence electrons. The minimum atomic E-state index is -0.528. The minimum absolute atomic E-state index is 0. The maximum absolute atomic E-state index is 10.8. The topological polar surface area (TPSA) is 81.8 Å². The summed E-state index contributed by atoms with van der Waals surface area (Å²) in [5.74, 6) is 0.918. The van der Waals surface area contributed by atoms with Crippen molar-refractivity contribution in [2.75, 3.05) is 39.4 Å². The number of aliphatic hydroxyl groups is 1. The van der Waals surface area contributed by atoms with E-state index in [1.165, 1.54) is 5.56 Å². The Labute approximate surface area is 185 Å². The van der Waals surface area contributed by atoms with E-state index in [1.54, 1.807) is 0 Å². The highest BCUT2D eigenvalue weighted by Crippen LogP contribution is 2.16. The zero-order valence-corrected chi connectivity index (χ0v) is 18.6. The second-order valence-electron chi connectivity index (χ2n) is 7.31. The zero-order valence-electron chi connectivity index (χ0n) is 17.8. The number of likely N-dealkylation sites (N-methyl/N-ethyl adjacent to an activating group) is 1. The molecule has 3 N–H and O–H groups in total. The molecule has 1 atom stereocenters. The van der Waals surface area contributed by atoms with Crippen molar-refractivity contribution in [2.45, 2.75) is 26.4 Å². The third-order valence-electron chi connectivity index (χ3n) is 5.30. The quantitative estimate of drug-likeness (QED) is 0.472. The molecule has 1 unspecified atom stereocenters. The molecule has 6 nitrogen and oxygen atoms in total. The molecule has 0 fully saturated rings. The lowest BCUT2D eigenvalue weighted by molar-refractivity contribution is -0.927. The molecule has 30 heavy (non-hydrogen) atoms. The summed E-state index contributed by atoms with van der Waals surface area (Å²) in [6, 6.07) is 17.3. The van der Waals surface area contributed by atoms with E-state index in [0.29, 0.717) is 12.3 Å². The smallest absolute Gasteiger partial charge is 0.255 e. The van der Waals surface area contributed by atoms with Crippen molar-refractivity contribution < 1.29 is 23.9 Å². The Hall–Kier alpha value is -2.28. The minimum Gasteiger partial charge on any atom is -0.491 e. The summed E-state index contributed by atoms with van der Waals surface area (Å²) >= 11 is 0. The Morgan fingerprint density at radius 2 is 1.60 bits per heavy atom. The molecule has 0 radical (unpaired) electrons. The van der Waals surface area contributed by atoms with Gasteiger partial charge in [-0.2, -0.15) is 0 Å². The van der Waals surface area contributed by atoms with Gasteiger partial charge in [-0.25, -0.2) is 0 Å². The molecule has 2 aromatic rings. The summed E-state index contributed by atoms with van der Waals surface area (Å²) in [5, 5.41) is 10.6. The molecule has 2 rings (SSSR count). The largest absolute Gasteiger partial charge is 0.491 e. The number of amides is 1. The number of halogens is 1. The van der Waals surface area contributed by atoms with Gasteiger partial charge in [0.05, 0.1) is 19.6 Å². The Morgan fingerprint density at radius 3 is 2.17 bits per heavy atom. The van der Waals surface area contributed by atoms with Crippen molar-refractivity contribution in [1.82, 2.24) is 0 Å². The van der Waals surface area contributed by atoms with Crippen molar-refractivity contribution in [2.24, 2.45) is 5.73 Å². The van der Waals surface area contributed by atoms with E-state index in [0.717, 1.165) is 36.3 Å². The van der Waals surface area contributed by atoms with Crippen LogP contribution in [0.15, 0.2) is 54.6 Å². The number of ether oxygens (including phenoxy) is 2. The molecule has 0 spiro atoms. The van der Waals surface area contributed by atoms with Crippen LogP contribution in [0.4, 0.5) is 0 Å². The lowest BCUT2D eigenvalue weighted by Gasteiger charge is -2.38. The van der Waals surface area contributed by atoms with Crippen molar-refractivity contribution in [3.05, 3.63) is 60.2 Å². The Morgan fingerprint density at radius 1 is 1.00 bits per heavy atom. The Balaban J connectivity index is 0.00000450. The maximum atomic E-state index is 10.8. The van der Waals surface area contributed by atoms with Gasteiger partial charge in [-0.05, 0) is 43.7 Å². The highest BCUT2D eigenvalue weighted by molar-refractivity contribution is 5.85. The highest BCUT2D eigenvalue weighted by Gasteiger charge is 2.27. The number of carbonyl (C=O) groups is 1. The van der Waals surface area contributed by atoms with Gasteiger partial charge < -0.3 is 24.8 Å². The van der Waals surface area contributed by atoms with Crippen LogP contribution in [0, 0.1) is 0 Å². The molecule has 0 heterocycles. The molecular formula is C23H34ClN2O4+. The Bertz CT molecular complexity index is 737. The molecular weight excluding hydrogens is 404 g/mol. The SMILES string of the molecule is CC[N+](CC)(CCc1ccc(OCC(N)=O)cc1)CC(O)COc1ccccc1.Cl. The first-order valence-corrected chi connectivity index (χ1v) is 10.2. The first-order chi connectivity index (χ1) is 14.0. The molecule has 0 aromatic heterocycles. The van der Waals surface area contributed by atoms with Gasteiger partial charge in [0.25, 0.3) is 5.91 Å². The fraction of sp³-hybridized carbons (Fsp3) is 0.435. The molecule has 0 saturated carbocycles. The number of quaternary nitrogens is 1. The number of aliphatic hydroxyl groups excluding tert-OH is 1. The number of hydrogen-bond donors (Lipinski definition) is 2. The third-order valence-corrected chi connectivity index (χ3v) is 5.30. The number of carbonyl (C=O) groups excluding carboxylic acids is 1. The number of primary amides is 1. The van der Waals surface area contributed by atoms with E-state index in [-0.39, 0.29) is 25.6 Å². The normalized spacial score (nSPS) is 12.0. The average Bonchev–Trinajstić information content (AvgIpc) is 2.75. The summed E-state index contributed by atoms with van der Waals surface area (Å²) in [4.78, 5) is 10.8. The number of para-hydroxylation sites is 1. The van der Waals surface area contributed by atoms with Crippen LogP contribution in [0.3, 0.4) is 0 Å². The predicted octanol–water partition coefficient (Wildman–Crippen LogP) is 2.81. The summed E-state index contributed by atoms with van der Waals surface area (Å²) in [6.45, 7) is 7.96. The van der Waals surface area contributed by atoms with Crippen LogP contribution in [0.25, 0.3) is 0 Å². The van der Waals surface area contributed by atoms with Crippen LogP contribution < -0.4 is 15.2 Å². The maximum Gasteiger partial charge on any atom is 0.255 e. The van der Waals surface area contributed by atoms with E-state index in [1.807, 2.05) is 54.6 Å². The lowest BCUT2D eigenvalue weighted by Crippen LogP contribution is -2.54. The van der Waals surface area contributed by atoms with Crippen LogP contribution in [-0.2, 0) is 11.2 Å². The molecule has 0 aliphatic heterocycles. The van der Waals surface area contributed by atoms with Crippen LogP contribution in [-0.4, -0.2) is 61.0 Å². The summed E-state index contributed by atoms with van der Waals surface area (Å²) in [5.41, 5.74) is 6.29. The second kappa shape index (κ2) is 13.1. The van der Waals surface area contributed by atoms with Crippen LogP contribution in [0.1, 0.15) is 19.4 Å². The molecule has 0 aliphatic rings. The Kier molecular flexibility index (Phi) is 11.3. The van der Waals surface area contributed by atoms with E-state index < -0.39 is 12.0 Å². The van der Waals surface area contributed by atoms with Crippen LogP contribution in [0.2, 0.25) is 0 Å². The standard InChI is InChI=1S/C23H32N2O4.ClH/c1-3-25(4-2,16-20(26)17-28-21-8-6-5-7-9-21)15-14-19-10-12-22(13-11-19)29-18-23(24)27;/h5-13,20,26H,3-4,14-18H2,1-2H3,(H-,24,27);1H/p+1. The van der Waals surface area contributed by atoms with E-state index >= 15 is 0 Å². The number of benzene rings is 2. The van der Waals surface area contributed by atoms with E-state index in [2.05, 4.69) is 13.8 Å². The first-order valence-electron chi connectivity index (χ1n) is 10.2. The van der Waals surface area contributed by atoms with Gasteiger partial charge in [0.2, 0.25) is 0 Å². The monoisotopic (exact) mass is 437 g/mol. The molecule has 7 heteroatoms. The third kappa shape index (κ3) is 8.61. The summed E-state index contributed by atoms with van der Waals surface area (Å²) < 4.78 is 11.8. The fourth-order valence-electron chi connectivity index (χ4n) is 3.37. The van der Waals surface area contributed by atoms with E-state index in [9.17, 15) is 9.90 Å². The molecule has 1 amide bonds. The predicted molar refractivity (Wildman–Crippen MR) is 121 cm³/mol. The molecule has 2 aromatic carbocycles. The van der Waals surface area contributed by atoms with Gasteiger partial charge in [0, 0.05) is 6.42 Å². The van der Waals surface area contributed by atoms with Gasteiger partial charge in [-0.1, -0.05) is 30.3 Å². The van der Waals surface area contributed by atoms with Gasteiger partial charge in [0.1, 0.15) is 30.8 Å². The van der Waals surface area contributed by atoms with Crippen LogP contribution in [0.5, 0.6) is 11.5 Å². The summed E-state index contributed by atoms with van der Waals surface area (Å²) in [6.07, 6.45) is 0.365. The zero-order chi connectivity index (χ0) is 21.1. The number of nitrogens with zero attached hydrogens (tertiary/aromatic N) is 1. The number of rotatable bonds is 13. The van der Waals surface area contributed by atoms with Crippen molar-refractivity contribution in [1.29, 1.82) is 0 Å². The molecule has 0 saturated heterocycles. The number of hydrogen-bond acceptors (Lipinski definition) is 4. The van der Waals surface area contributed by atoms with Crippen molar-refractivity contribution in [3.63, 3.8) is 0 Å². The summed E-state index contributed by atoms with van der Waals surface area (Å²) in [7, 11) is 0. The average molecular weight is 438 g/mol. The van der Waals surface area contributed by atoms with Gasteiger partial charge >= 0.3 is 0 Å². The van der Waals surface area contributed by atoms with Gasteiger partial charge in [-0.15, -0.1) is 12.4 Å². The second-order valence-corrected chi connectivity index (χ2v) is 7.31. The van der Waals surface area contributed by atoms with Gasteiger partial charge in [0.15, 0.2) is 6.61 Å². The van der Waals surface area contributed by atoms with Crippen molar-refractivity contribution in [3.8, 4) is 11.5 Å². The van der Waals surface area contributed by atoms with Crippen molar-refractivity contribution >= 4 is 18.3 Å². The first kappa shape index (κ1) is 25.8. The van der Waals surface area contributed by atoms with E-state index in [4.69, 9.17) is 15.2 Å².